The molecule has 2 saturated heterocycles. The van der Waals surface area contributed by atoms with Crippen molar-refractivity contribution in [2.45, 2.75) is 37.6 Å². The minimum atomic E-state index is -0.963. The van der Waals surface area contributed by atoms with Gasteiger partial charge in [-0.15, -0.1) is 0 Å². The lowest BCUT2D eigenvalue weighted by Gasteiger charge is -2.18. The third kappa shape index (κ3) is 6.63. The fourth-order valence-corrected chi connectivity index (χ4v) is 4.67. The molecule has 0 radical (unpaired) electrons. The van der Waals surface area contributed by atoms with Crippen LogP contribution < -0.4 is 15.4 Å². The van der Waals surface area contributed by atoms with Crippen molar-refractivity contribution in [1.82, 2.24) is 19.9 Å². The zero-order valence-corrected chi connectivity index (χ0v) is 22.4. The largest absolute Gasteiger partial charge is 0.471 e. The van der Waals surface area contributed by atoms with E-state index in [1.807, 2.05) is 0 Å². The van der Waals surface area contributed by atoms with Crippen LogP contribution in [0.3, 0.4) is 0 Å². The Labute approximate surface area is 238 Å². The quantitative estimate of drug-likeness (QED) is 0.214. The first kappa shape index (κ1) is 28.8. The van der Waals surface area contributed by atoms with Gasteiger partial charge in [-0.2, -0.15) is 4.98 Å². The van der Waals surface area contributed by atoms with Gasteiger partial charge in [-0.3, -0.25) is 4.79 Å². The summed E-state index contributed by atoms with van der Waals surface area (Å²) in [6, 6.07) is 3.33. The zero-order chi connectivity index (χ0) is 28.9. The van der Waals surface area contributed by atoms with E-state index in [0.717, 1.165) is 12.1 Å². The van der Waals surface area contributed by atoms with Crippen LogP contribution in [-0.2, 0) is 27.4 Å². The number of pyridine rings is 1. The van der Waals surface area contributed by atoms with Crippen molar-refractivity contribution < 1.29 is 37.6 Å². The molecule has 1 amide bonds. The van der Waals surface area contributed by atoms with Crippen LogP contribution in [0.5, 0.6) is 5.88 Å². The Morgan fingerprint density at radius 1 is 1.24 bits per heavy atom. The van der Waals surface area contributed by atoms with Crippen molar-refractivity contribution >= 4 is 35.7 Å². The van der Waals surface area contributed by atoms with E-state index in [0.29, 0.717) is 12.2 Å². The number of ether oxygens (including phenoxy) is 4. The molecular weight excluding hydrogens is 566 g/mol. The topological polar surface area (TPSA) is 141 Å². The van der Waals surface area contributed by atoms with Gasteiger partial charge in [0.05, 0.1) is 30.8 Å². The summed E-state index contributed by atoms with van der Waals surface area (Å²) in [4.78, 5) is 24.3. The molecule has 2 aliphatic rings. The molecule has 3 aromatic rings. The Morgan fingerprint density at radius 3 is 2.76 bits per heavy atom. The number of nitrogens with zero attached hydrogens (tertiary/aromatic N) is 4. The van der Waals surface area contributed by atoms with E-state index < -0.39 is 41.9 Å². The fourth-order valence-electron chi connectivity index (χ4n) is 4.46. The average Bonchev–Trinajstić information content (AvgIpc) is 3.70. The number of fused-ring (bicyclic) bond motifs is 1. The number of halogens is 3. The van der Waals surface area contributed by atoms with Crippen molar-refractivity contribution in [3.8, 4) is 5.88 Å². The first-order valence-corrected chi connectivity index (χ1v) is 13.0. The molecule has 2 fully saturated rings. The van der Waals surface area contributed by atoms with E-state index in [1.165, 1.54) is 6.07 Å². The molecule has 0 aliphatic carbocycles. The van der Waals surface area contributed by atoms with Crippen LogP contribution in [0.1, 0.15) is 15.9 Å². The summed E-state index contributed by atoms with van der Waals surface area (Å²) in [5.41, 5.74) is -0.199. The Balaban J connectivity index is 1.16. The molecule has 0 saturated carbocycles. The molecular formula is C26H27ClF2N6O6. The Hall–Kier alpha value is -3.69. The predicted molar refractivity (Wildman–Crippen MR) is 143 cm³/mol. The SMILES string of the molecule is C=Nc1nc(OCc2c(F)cc(C(=O)NCCn3ccnc3)cc2F)c(Cl)cc1NCO[C@@H]1COC2[C@H](O)CO[C@@H]21. The first-order valence-electron chi connectivity index (χ1n) is 12.6. The maximum atomic E-state index is 14.7. The minimum Gasteiger partial charge on any atom is -0.471 e. The number of hydrogen-bond acceptors (Lipinski definition) is 10. The maximum Gasteiger partial charge on any atom is 0.251 e. The number of carbonyl (C=O) groups is 1. The number of aromatic nitrogens is 3. The second kappa shape index (κ2) is 12.9. The van der Waals surface area contributed by atoms with E-state index in [9.17, 15) is 18.7 Å². The van der Waals surface area contributed by atoms with Gasteiger partial charge in [0, 0.05) is 31.0 Å². The smallest absolute Gasteiger partial charge is 0.251 e. The van der Waals surface area contributed by atoms with E-state index >= 15 is 0 Å². The highest BCUT2D eigenvalue weighted by molar-refractivity contribution is 6.32. The lowest BCUT2D eigenvalue weighted by atomic mass is 10.1. The molecule has 5 rings (SSSR count). The molecule has 1 unspecified atom stereocenters. The minimum absolute atomic E-state index is 0.0251. The summed E-state index contributed by atoms with van der Waals surface area (Å²) in [5, 5.41) is 15.5. The van der Waals surface area contributed by atoms with Crippen molar-refractivity contribution in [2.24, 2.45) is 4.99 Å². The summed E-state index contributed by atoms with van der Waals surface area (Å²) in [6.45, 7) is 4.13. The summed E-state index contributed by atoms with van der Waals surface area (Å²) in [6.07, 6.45) is 3.09. The van der Waals surface area contributed by atoms with Crippen LogP contribution >= 0.6 is 11.6 Å². The molecule has 2 aliphatic heterocycles. The number of carbonyl (C=O) groups excluding carboxylic acids is 1. The lowest BCUT2D eigenvalue weighted by molar-refractivity contribution is -0.0311. The van der Waals surface area contributed by atoms with Crippen LogP contribution in [0, 0.1) is 11.6 Å². The van der Waals surface area contributed by atoms with Gasteiger partial charge < -0.3 is 39.3 Å². The zero-order valence-electron chi connectivity index (χ0n) is 21.6. The fraction of sp³-hybridized carbons (Fsp3) is 0.385. The third-order valence-electron chi connectivity index (χ3n) is 6.59. The standard InChI is InChI=1S/C26H27ClF2N6O6/c1-30-24-19(33-13-41-21-11-39-22-20(36)10-38-23(21)22)8-16(27)26(34-24)40-9-15-17(28)6-14(7-18(15)29)25(37)32-3-5-35-4-2-31-12-35/h2,4,6-8,12,20-23,33,36H,1,3,5,9-11,13H2,(H,32,37)/t20-,21-,22?,23-/m1/s1. The summed E-state index contributed by atoms with van der Waals surface area (Å²) in [7, 11) is 0. The molecule has 0 spiro atoms. The van der Waals surface area contributed by atoms with E-state index in [4.69, 9.17) is 30.5 Å². The molecule has 4 atom stereocenters. The van der Waals surface area contributed by atoms with Gasteiger partial charge in [-0.05, 0) is 24.9 Å². The molecule has 3 N–H and O–H groups in total. The Morgan fingerprint density at radius 2 is 2.02 bits per heavy atom. The van der Waals surface area contributed by atoms with E-state index in [2.05, 4.69) is 32.3 Å². The van der Waals surface area contributed by atoms with Gasteiger partial charge in [0.2, 0.25) is 5.88 Å². The predicted octanol–water partition coefficient (Wildman–Crippen LogP) is 2.46. The number of anilines is 1. The molecule has 1 aromatic carbocycles. The number of benzene rings is 1. The molecule has 41 heavy (non-hydrogen) atoms. The van der Waals surface area contributed by atoms with Gasteiger partial charge in [0.1, 0.15) is 54.4 Å². The third-order valence-corrected chi connectivity index (χ3v) is 6.86. The number of aliphatic imine (C=N–C) groups is 1. The van der Waals surface area contributed by atoms with Crippen molar-refractivity contribution in [3.63, 3.8) is 0 Å². The molecule has 15 heteroatoms. The highest BCUT2D eigenvalue weighted by Gasteiger charge is 2.47. The first-order chi connectivity index (χ1) is 19.8. The van der Waals surface area contributed by atoms with Crippen LogP contribution in [0.25, 0.3) is 0 Å². The van der Waals surface area contributed by atoms with Gasteiger partial charge in [0.15, 0.2) is 5.82 Å². The molecule has 0 bridgehead atoms. The van der Waals surface area contributed by atoms with Gasteiger partial charge >= 0.3 is 0 Å². The maximum absolute atomic E-state index is 14.7. The van der Waals surface area contributed by atoms with Crippen molar-refractivity contribution in [2.75, 3.05) is 31.8 Å². The van der Waals surface area contributed by atoms with Crippen LogP contribution in [-0.4, -0.2) is 83.2 Å². The molecule has 12 nitrogen and oxygen atoms in total. The lowest BCUT2D eigenvalue weighted by Crippen LogP contribution is -2.33. The van der Waals surface area contributed by atoms with Crippen molar-refractivity contribution in [1.29, 1.82) is 0 Å². The monoisotopic (exact) mass is 592 g/mol. The molecule has 4 heterocycles. The summed E-state index contributed by atoms with van der Waals surface area (Å²) < 4.78 is 53.6. The number of nitrogens with one attached hydrogen (secondary N) is 2. The van der Waals surface area contributed by atoms with Crippen LogP contribution in [0.2, 0.25) is 5.02 Å². The van der Waals surface area contributed by atoms with Crippen LogP contribution in [0.15, 0.2) is 41.9 Å². The Bertz CT molecular complexity index is 1370. The summed E-state index contributed by atoms with van der Waals surface area (Å²) in [5.74, 6) is -2.56. The number of hydrogen-bond donors (Lipinski definition) is 3. The number of imidazole rings is 1. The number of aliphatic hydroxyl groups is 1. The number of rotatable bonds is 12. The normalized spacial score (nSPS) is 21.5. The van der Waals surface area contributed by atoms with E-state index in [-0.39, 0.29) is 61.0 Å². The molecule has 2 aromatic heterocycles. The van der Waals surface area contributed by atoms with Gasteiger partial charge in [-0.1, -0.05) is 11.6 Å². The van der Waals surface area contributed by atoms with Crippen molar-refractivity contribution in [3.05, 3.63) is 64.7 Å². The highest BCUT2D eigenvalue weighted by Crippen LogP contribution is 2.34. The number of aliphatic hydroxyl groups excluding tert-OH is 1. The van der Waals surface area contributed by atoms with Gasteiger partial charge in [0.25, 0.3) is 5.91 Å². The average molecular weight is 593 g/mol. The highest BCUT2D eigenvalue weighted by atomic mass is 35.5. The summed E-state index contributed by atoms with van der Waals surface area (Å²) >= 11 is 6.31. The molecule has 218 valence electrons. The Kier molecular flexibility index (Phi) is 9.05. The van der Waals surface area contributed by atoms with Crippen LogP contribution in [0.4, 0.5) is 20.3 Å². The second-order valence-corrected chi connectivity index (χ2v) is 9.66. The van der Waals surface area contributed by atoms with Gasteiger partial charge in [-0.25, -0.2) is 18.8 Å². The van der Waals surface area contributed by atoms with E-state index in [1.54, 1.807) is 23.3 Å². The number of amides is 1. The second-order valence-electron chi connectivity index (χ2n) is 9.26.